The van der Waals surface area contributed by atoms with Gasteiger partial charge in [0.2, 0.25) is 5.91 Å². The zero-order chi connectivity index (χ0) is 12.3. The number of benzene rings is 1. The number of hydrogen-bond donors (Lipinski definition) is 0. The molecule has 1 aliphatic heterocycles. The maximum absolute atomic E-state index is 12.2. The smallest absolute Gasteiger partial charge is 0.232 e. The van der Waals surface area contributed by atoms with Crippen LogP contribution >= 0.6 is 0 Å². The van der Waals surface area contributed by atoms with Crippen LogP contribution in [0.25, 0.3) is 21.8 Å². The van der Waals surface area contributed by atoms with Crippen molar-refractivity contribution in [2.45, 2.75) is 19.8 Å². The highest BCUT2D eigenvalue weighted by Gasteiger charge is 2.23. The Morgan fingerprint density at radius 2 is 2.00 bits per heavy atom. The molecule has 1 aromatic carbocycles. The van der Waals surface area contributed by atoms with E-state index < -0.39 is 0 Å². The number of aromatic nitrogens is 2. The minimum Gasteiger partial charge on any atom is -0.278 e. The second-order valence-electron chi connectivity index (χ2n) is 4.85. The fourth-order valence-electron chi connectivity index (χ4n) is 2.97. The fourth-order valence-corrected chi connectivity index (χ4v) is 2.97. The molecule has 0 amide bonds. The summed E-state index contributed by atoms with van der Waals surface area (Å²) in [4.78, 5) is 16.8. The van der Waals surface area contributed by atoms with E-state index >= 15 is 0 Å². The van der Waals surface area contributed by atoms with Gasteiger partial charge in [0.05, 0.1) is 16.7 Å². The molecule has 0 spiro atoms. The number of carbonyl (C=O) groups is 1. The van der Waals surface area contributed by atoms with E-state index in [0.717, 1.165) is 39.6 Å². The Morgan fingerprint density at radius 3 is 2.89 bits per heavy atom. The number of nitrogens with zero attached hydrogens (tertiary/aromatic N) is 2. The van der Waals surface area contributed by atoms with Gasteiger partial charge in [-0.05, 0) is 19.1 Å². The Hall–Kier alpha value is -2.16. The van der Waals surface area contributed by atoms with Crippen LogP contribution in [0.3, 0.4) is 0 Å². The van der Waals surface area contributed by atoms with E-state index in [0.29, 0.717) is 6.42 Å². The first-order valence-corrected chi connectivity index (χ1v) is 6.18. The van der Waals surface area contributed by atoms with Crippen LogP contribution in [-0.2, 0) is 6.42 Å². The second kappa shape index (κ2) is 3.19. The van der Waals surface area contributed by atoms with Crippen LogP contribution in [0.5, 0.6) is 0 Å². The Kier molecular flexibility index (Phi) is 1.74. The van der Waals surface area contributed by atoms with Crippen LogP contribution in [-0.4, -0.2) is 15.5 Å². The molecule has 3 aromatic rings. The van der Waals surface area contributed by atoms with E-state index in [1.165, 1.54) is 0 Å². The van der Waals surface area contributed by atoms with Gasteiger partial charge in [-0.15, -0.1) is 0 Å². The summed E-state index contributed by atoms with van der Waals surface area (Å²) >= 11 is 0. The Labute approximate surface area is 104 Å². The summed E-state index contributed by atoms with van der Waals surface area (Å²) in [7, 11) is 0. The zero-order valence-electron chi connectivity index (χ0n) is 10.1. The summed E-state index contributed by atoms with van der Waals surface area (Å²) < 4.78 is 1.84. The van der Waals surface area contributed by atoms with Crippen molar-refractivity contribution in [2.24, 2.45) is 0 Å². The molecule has 0 saturated carbocycles. The first kappa shape index (κ1) is 9.83. The average molecular weight is 236 g/mol. The van der Waals surface area contributed by atoms with Gasteiger partial charge in [0.15, 0.2) is 0 Å². The fraction of sp³-hybridized carbons (Fsp3) is 0.200. The highest BCUT2D eigenvalue weighted by Crippen LogP contribution is 2.33. The molecule has 0 saturated heterocycles. The van der Waals surface area contributed by atoms with Crippen molar-refractivity contribution < 1.29 is 4.79 Å². The molecule has 0 atom stereocenters. The lowest BCUT2D eigenvalue weighted by atomic mass is 10.1. The third-order valence-electron chi connectivity index (χ3n) is 3.68. The molecular weight excluding hydrogens is 224 g/mol. The van der Waals surface area contributed by atoms with Gasteiger partial charge in [0.25, 0.3) is 0 Å². The molecule has 0 bridgehead atoms. The first-order chi connectivity index (χ1) is 8.75. The maximum atomic E-state index is 12.2. The molecule has 0 aliphatic carbocycles. The van der Waals surface area contributed by atoms with Gasteiger partial charge in [0, 0.05) is 29.3 Å². The van der Waals surface area contributed by atoms with E-state index in [2.05, 4.69) is 17.1 Å². The largest absolute Gasteiger partial charge is 0.278 e. The lowest BCUT2D eigenvalue weighted by molar-refractivity contribution is 0.0907. The normalized spacial score (nSPS) is 14.6. The third kappa shape index (κ3) is 1.09. The monoisotopic (exact) mass is 236 g/mol. The Balaban J connectivity index is 2.36. The quantitative estimate of drug-likeness (QED) is 0.601. The van der Waals surface area contributed by atoms with Gasteiger partial charge in [-0.1, -0.05) is 18.2 Å². The van der Waals surface area contributed by atoms with Crippen molar-refractivity contribution in [3.8, 4) is 0 Å². The number of fused-ring (bicyclic) bond motifs is 3. The summed E-state index contributed by atoms with van der Waals surface area (Å²) in [6.45, 7) is 2.01. The van der Waals surface area contributed by atoms with Crippen LogP contribution in [0.15, 0.2) is 30.3 Å². The number of para-hydroxylation sites is 1. The minimum atomic E-state index is 0.180. The zero-order valence-corrected chi connectivity index (χ0v) is 10.1. The summed E-state index contributed by atoms with van der Waals surface area (Å²) in [5.74, 6) is 0.180. The van der Waals surface area contributed by atoms with Gasteiger partial charge >= 0.3 is 0 Å². The van der Waals surface area contributed by atoms with Crippen molar-refractivity contribution in [2.75, 3.05) is 0 Å². The maximum Gasteiger partial charge on any atom is 0.232 e. The predicted octanol–water partition coefficient (Wildman–Crippen LogP) is 3.08. The molecular formula is C15H12N2O. The SMILES string of the molecule is Cc1cc2c3ccccc3n3c2c(n1)CCC3=O. The van der Waals surface area contributed by atoms with Crippen molar-refractivity contribution in [1.82, 2.24) is 9.55 Å². The van der Waals surface area contributed by atoms with Crippen LogP contribution in [0.1, 0.15) is 22.6 Å². The number of rotatable bonds is 0. The van der Waals surface area contributed by atoms with Crippen LogP contribution in [0, 0.1) is 6.92 Å². The van der Waals surface area contributed by atoms with Crippen LogP contribution in [0.4, 0.5) is 0 Å². The molecule has 4 rings (SSSR count). The van der Waals surface area contributed by atoms with E-state index in [-0.39, 0.29) is 5.91 Å². The molecule has 3 heterocycles. The second-order valence-corrected chi connectivity index (χ2v) is 4.85. The van der Waals surface area contributed by atoms with Gasteiger partial charge in [-0.3, -0.25) is 14.3 Å². The molecule has 18 heavy (non-hydrogen) atoms. The molecule has 3 heteroatoms. The standard InChI is InChI=1S/C15H12N2O/c1-9-8-11-10-4-2-3-5-13(10)17-14(18)7-6-12(16-9)15(11)17/h2-5,8H,6-7H2,1H3. The van der Waals surface area contributed by atoms with Gasteiger partial charge in [0.1, 0.15) is 0 Å². The third-order valence-corrected chi connectivity index (χ3v) is 3.68. The predicted molar refractivity (Wildman–Crippen MR) is 70.9 cm³/mol. The molecule has 0 radical (unpaired) electrons. The van der Waals surface area contributed by atoms with Crippen molar-refractivity contribution in [1.29, 1.82) is 0 Å². The lowest BCUT2D eigenvalue weighted by Crippen LogP contribution is -2.17. The van der Waals surface area contributed by atoms with Crippen molar-refractivity contribution in [3.05, 3.63) is 41.7 Å². The average Bonchev–Trinajstić information content (AvgIpc) is 2.70. The van der Waals surface area contributed by atoms with E-state index in [9.17, 15) is 4.79 Å². The van der Waals surface area contributed by atoms with Crippen LogP contribution in [0.2, 0.25) is 0 Å². The van der Waals surface area contributed by atoms with E-state index in [4.69, 9.17) is 0 Å². The lowest BCUT2D eigenvalue weighted by Gasteiger charge is -2.14. The first-order valence-electron chi connectivity index (χ1n) is 6.18. The topological polar surface area (TPSA) is 34.9 Å². The molecule has 0 N–H and O–H groups in total. The summed E-state index contributed by atoms with van der Waals surface area (Å²) in [5.41, 5.74) is 4.10. The van der Waals surface area contributed by atoms with Gasteiger partial charge < -0.3 is 0 Å². The van der Waals surface area contributed by atoms with Gasteiger partial charge in [-0.25, -0.2) is 0 Å². The van der Waals surface area contributed by atoms with Crippen LogP contribution < -0.4 is 0 Å². The molecule has 0 unspecified atom stereocenters. The Morgan fingerprint density at radius 1 is 1.17 bits per heavy atom. The van der Waals surface area contributed by atoms with Gasteiger partial charge in [-0.2, -0.15) is 0 Å². The van der Waals surface area contributed by atoms with E-state index in [1.54, 1.807) is 0 Å². The summed E-state index contributed by atoms with van der Waals surface area (Å²) in [6, 6.07) is 10.2. The van der Waals surface area contributed by atoms with Crippen molar-refractivity contribution in [3.63, 3.8) is 0 Å². The highest BCUT2D eigenvalue weighted by atomic mass is 16.2. The number of carbonyl (C=O) groups excluding carboxylic acids is 1. The van der Waals surface area contributed by atoms with E-state index in [1.807, 2.05) is 29.7 Å². The molecule has 2 aromatic heterocycles. The Bertz CT molecular complexity index is 814. The summed E-state index contributed by atoms with van der Waals surface area (Å²) in [6.07, 6.45) is 1.31. The number of pyridine rings is 1. The summed E-state index contributed by atoms with van der Waals surface area (Å²) in [5, 5.41) is 2.30. The minimum absolute atomic E-state index is 0.180. The number of aryl methyl sites for hydroxylation is 2. The molecule has 88 valence electrons. The highest BCUT2D eigenvalue weighted by molar-refractivity contribution is 6.14. The molecule has 3 nitrogen and oxygen atoms in total. The molecule has 0 fully saturated rings. The number of hydrogen-bond acceptors (Lipinski definition) is 2. The van der Waals surface area contributed by atoms with Crippen molar-refractivity contribution >= 4 is 27.7 Å². The molecule has 1 aliphatic rings.